The zero-order chi connectivity index (χ0) is 22.7. The maximum atomic E-state index is 13.0. The van der Waals surface area contributed by atoms with E-state index >= 15 is 0 Å². The minimum Gasteiger partial charge on any atom is -0.393 e. The number of aliphatic hydroxyl groups excluding tert-OH is 1. The summed E-state index contributed by atoms with van der Waals surface area (Å²) in [6.07, 6.45) is 15.7. The second-order valence-corrected chi connectivity index (χ2v) is 12.9. The van der Waals surface area contributed by atoms with Crippen LogP contribution >= 0.6 is 0 Å². The van der Waals surface area contributed by atoms with E-state index in [1.807, 2.05) is 0 Å². The number of hydrogen-bond donors (Lipinski definition) is 1. The van der Waals surface area contributed by atoms with Crippen LogP contribution in [0.2, 0.25) is 0 Å². The van der Waals surface area contributed by atoms with Crippen LogP contribution in [0.15, 0.2) is 11.6 Å². The molecule has 1 aliphatic heterocycles. The summed E-state index contributed by atoms with van der Waals surface area (Å²) in [6.45, 7) is 11.6. The minimum absolute atomic E-state index is 0.109. The molecule has 4 aliphatic carbocycles. The highest BCUT2D eigenvalue weighted by molar-refractivity contribution is 5.79. The number of carbonyl (C=O) groups excluding carboxylic acids is 1. The van der Waals surface area contributed by atoms with E-state index in [4.69, 9.17) is 0 Å². The Kier molecular flexibility index (Phi) is 6.05. The van der Waals surface area contributed by atoms with Gasteiger partial charge in [0.25, 0.3) is 0 Å². The second kappa shape index (κ2) is 8.43. The molecule has 4 fully saturated rings. The van der Waals surface area contributed by atoms with Gasteiger partial charge in [0.15, 0.2) is 0 Å². The number of allylic oxidation sites excluding steroid dienone is 1. The summed E-state index contributed by atoms with van der Waals surface area (Å²) in [4.78, 5) is 15.0. The molecule has 1 N–H and O–H groups in total. The van der Waals surface area contributed by atoms with Gasteiger partial charge in [0, 0.05) is 19.0 Å². The van der Waals surface area contributed by atoms with Crippen molar-refractivity contribution >= 4 is 5.91 Å². The predicted molar refractivity (Wildman–Crippen MR) is 130 cm³/mol. The van der Waals surface area contributed by atoms with Crippen molar-refractivity contribution in [3.05, 3.63) is 11.6 Å². The summed E-state index contributed by atoms with van der Waals surface area (Å²) < 4.78 is 0. The molecule has 32 heavy (non-hydrogen) atoms. The van der Waals surface area contributed by atoms with Crippen molar-refractivity contribution in [2.75, 3.05) is 13.1 Å². The third kappa shape index (κ3) is 3.51. The highest BCUT2D eigenvalue weighted by atomic mass is 16.3. The summed E-state index contributed by atoms with van der Waals surface area (Å²) in [6, 6.07) is 0. The normalized spacial score (nSPS) is 47.3. The predicted octanol–water partition coefficient (Wildman–Crippen LogP) is 6.21. The molecule has 0 bridgehead atoms. The van der Waals surface area contributed by atoms with E-state index in [0.717, 1.165) is 62.4 Å². The third-order valence-corrected chi connectivity index (χ3v) is 11.5. The lowest BCUT2D eigenvalue weighted by Crippen LogP contribution is -2.51. The Hall–Kier alpha value is -0.830. The number of likely N-dealkylation sites (tertiary alicyclic amines) is 1. The van der Waals surface area contributed by atoms with Crippen LogP contribution < -0.4 is 0 Å². The topological polar surface area (TPSA) is 40.5 Å². The molecule has 1 amide bonds. The van der Waals surface area contributed by atoms with Gasteiger partial charge in [0.05, 0.1) is 6.10 Å². The van der Waals surface area contributed by atoms with Crippen LogP contribution in [0.25, 0.3) is 0 Å². The summed E-state index contributed by atoms with van der Waals surface area (Å²) in [5, 5.41) is 10.3. The van der Waals surface area contributed by atoms with Gasteiger partial charge in [-0.3, -0.25) is 4.79 Å². The fourth-order valence-corrected chi connectivity index (χ4v) is 9.78. The van der Waals surface area contributed by atoms with Crippen molar-refractivity contribution in [1.29, 1.82) is 0 Å². The Morgan fingerprint density at radius 2 is 1.94 bits per heavy atom. The fourth-order valence-electron chi connectivity index (χ4n) is 9.78. The molecule has 1 saturated heterocycles. The minimum atomic E-state index is -0.109. The van der Waals surface area contributed by atoms with Crippen molar-refractivity contribution < 1.29 is 9.90 Å². The van der Waals surface area contributed by atoms with Gasteiger partial charge in [0.1, 0.15) is 0 Å². The average Bonchev–Trinajstić information content (AvgIpc) is 3.13. The number of fused-ring (bicyclic) bond motifs is 5. The first kappa shape index (κ1) is 22.9. The number of rotatable bonds is 4. The molecule has 3 nitrogen and oxygen atoms in total. The lowest BCUT2D eigenvalue weighted by molar-refractivity contribution is -0.139. The number of aliphatic hydroxyl groups is 1. The Morgan fingerprint density at radius 3 is 2.72 bits per heavy atom. The van der Waals surface area contributed by atoms with Gasteiger partial charge >= 0.3 is 0 Å². The van der Waals surface area contributed by atoms with Crippen LogP contribution in [-0.2, 0) is 4.79 Å². The molecule has 0 spiro atoms. The van der Waals surface area contributed by atoms with Crippen LogP contribution in [0, 0.1) is 46.3 Å². The van der Waals surface area contributed by atoms with Crippen molar-refractivity contribution in [2.45, 2.75) is 104 Å². The second-order valence-electron chi connectivity index (χ2n) is 12.9. The van der Waals surface area contributed by atoms with Crippen LogP contribution in [0.5, 0.6) is 0 Å². The smallest absolute Gasteiger partial charge is 0.225 e. The van der Waals surface area contributed by atoms with E-state index < -0.39 is 0 Å². The lowest BCUT2D eigenvalue weighted by Gasteiger charge is -2.58. The zero-order valence-corrected chi connectivity index (χ0v) is 21.1. The number of nitrogens with zero attached hydrogens (tertiary/aromatic N) is 1. The van der Waals surface area contributed by atoms with Gasteiger partial charge in [0.2, 0.25) is 5.91 Å². The SMILES string of the molecule is CCN1CCC[C@@H](C[C@@H](C)[C@H]2CC[C@H]3[C@@H]4CC=C5C[C@@H](O)CC[C@]5(C)[C@H]4CC[C@]23C)C1=O. The molecule has 3 saturated carbocycles. The van der Waals surface area contributed by atoms with Gasteiger partial charge in [-0.25, -0.2) is 0 Å². The first-order valence-electron chi connectivity index (χ1n) is 13.9. The highest BCUT2D eigenvalue weighted by Gasteiger charge is 2.59. The molecule has 5 aliphatic rings. The molecular formula is C29H47NO2. The van der Waals surface area contributed by atoms with Gasteiger partial charge in [-0.05, 0) is 118 Å². The van der Waals surface area contributed by atoms with Gasteiger partial charge in [-0.15, -0.1) is 0 Å². The van der Waals surface area contributed by atoms with Crippen molar-refractivity contribution in [2.24, 2.45) is 46.3 Å². The maximum absolute atomic E-state index is 13.0. The average molecular weight is 442 g/mol. The zero-order valence-electron chi connectivity index (χ0n) is 21.1. The number of amides is 1. The van der Waals surface area contributed by atoms with Crippen LogP contribution in [0.3, 0.4) is 0 Å². The molecule has 180 valence electrons. The summed E-state index contributed by atoms with van der Waals surface area (Å²) >= 11 is 0. The Balaban J connectivity index is 1.31. The summed E-state index contributed by atoms with van der Waals surface area (Å²) in [5.41, 5.74) is 2.38. The maximum Gasteiger partial charge on any atom is 0.225 e. The molecule has 3 heteroatoms. The van der Waals surface area contributed by atoms with E-state index in [1.54, 1.807) is 5.57 Å². The molecular weight excluding hydrogens is 394 g/mol. The fraction of sp³-hybridized carbons (Fsp3) is 0.897. The van der Waals surface area contributed by atoms with Crippen molar-refractivity contribution in [3.8, 4) is 0 Å². The van der Waals surface area contributed by atoms with Crippen LogP contribution in [0.1, 0.15) is 98.3 Å². The monoisotopic (exact) mass is 441 g/mol. The lowest BCUT2D eigenvalue weighted by atomic mass is 9.47. The van der Waals surface area contributed by atoms with Crippen molar-refractivity contribution in [3.63, 3.8) is 0 Å². The molecule has 0 unspecified atom stereocenters. The number of hydrogen-bond acceptors (Lipinski definition) is 2. The standard InChI is InChI=1S/C29H47NO2/c1-5-30-16-6-7-20(27(30)32)17-19(2)24-10-11-25-23-9-8-21-18-22(31)12-14-28(21,3)26(23)13-15-29(24,25)4/h8,19-20,22-26,31H,5-7,9-18H2,1-4H3/t19-,20+,22+,23+,24-,25+,26+,28+,29-/m1/s1. The van der Waals surface area contributed by atoms with E-state index in [-0.39, 0.29) is 12.0 Å². The molecule has 0 aromatic heterocycles. The Morgan fingerprint density at radius 1 is 1.12 bits per heavy atom. The largest absolute Gasteiger partial charge is 0.393 e. The van der Waals surface area contributed by atoms with Crippen LogP contribution in [0.4, 0.5) is 0 Å². The van der Waals surface area contributed by atoms with Crippen LogP contribution in [-0.4, -0.2) is 35.1 Å². The van der Waals surface area contributed by atoms with Gasteiger partial charge < -0.3 is 10.0 Å². The third-order valence-electron chi connectivity index (χ3n) is 11.5. The molecule has 1 heterocycles. The van der Waals surface area contributed by atoms with E-state index in [9.17, 15) is 9.90 Å². The molecule has 9 atom stereocenters. The summed E-state index contributed by atoms with van der Waals surface area (Å²) in [5.74, 6) is 4.65. The van der Waals surface area contributed by atoms with Gasteiger partial charge in [-0.2, -0.15) is 0 Å². The Bertz CT molecular complexity index is 760. The van der Waals surface area contributed by atoms with E-state index in [1.165, 1.54) is 44.9 Å². The molecule has 0 radical (unpaired) electrons. The molecule has 0 aromatic carbocycles. The number of carbonyl (C=O) groups is 1. The number of piperidine rings is 1. The highest BCUT2D eigenvalue weighted by Crippen LogP contribution is 2.67. The Labute approximate surface area is 196 Å². The summed E-state index contributed by atoms with van der Waals surface area (Å²) in [7, 11) is 0. The quantitative estimate of drug-likeness (QED) is 0.527. The molecule has 5 rings (SSSR count). The first-order valence-corrected chi connectivity index (χ1v) is 13.9. The first-order chi connectivity index (χ1) is 15.3. The van der Waals surface area contributed by atoms with Crippen molar-refractivity contribution in [1.82, 2.24) is 4.90 Å². The molecule has 0 aromatic rings. The van der Waals surface area contributed by atoms with Gasteiger partial charge in [-0.1, -0.05) is 32.4 Å². The van der Waals surface area contributed by atoms with E-state index in [2.05, 4.69) is 38.7 Å². The van der Waals surface area contributed by atoms with E-state index in [0.29, 0.717) is 22.7 Å².